The Bertz CT molecular complexity index is 544. The summed E-state index contributed by atoms with van der Waals surface area (Å²) < 4.78 is 0. The summed E-state index contributed by atoms with van der Waals surface area (Å²) in [6, 6.07) is 5.63. The van der Waals surface area contributed by atoms with E-state index in [1.807, 2.05) is 0 Å². The van der Waals surface area contributed by atoms with Gasteiger partial charge in [0, 0.05) is 30.7 Å². The first kappa shape index (κ1) is 14.3. The van der Waals surface area contributed by atoms with Gasteiger partial charge in [0.25, 0.3) is 5.91 Å². The number of amides is 4. The van der Waals surface area contributed by atoms with Crippen molar-refractivity contribution in [3.05, 3.63) is 34.9 Å². The van der Waals surface area contributed by atoms with Crippen LogP contribution in [-0.2, 0) is 4.79 Å². The maximum Gasteiger partial charge on any atom is 0.324 e. The van der Waals surface area contributed by atoms with Gasteiger partial charge in [-0.25, -0.2) is 4.79 Å². The summed E-state index contributed by atoms with van der Waals surface area (Å²) in [5.74, 6) is -0.664. The molecule has 0 aliphatic carbocycles. The van der Waals surface area contributed by atoms with Crippen molar-refractivity contribution in [1.29, 1.82) is 0 Å². The fraction of sp³-hybridized carbons (Fsp3) is 0.308. The zero-order valence-electron chi connectivity index (χ0n) is 10.9. The van der Waals surface area contributed by atoms with Gasteiger partial charge in [0.2, 0.25) is 5.91 Å². The van der Waals surface area contributed by atoms with Gasteiger partial charge in [0.15, 0.2) is 0 Å². The lowest BCUT2D eigenvalue weighted by molar-refractivity contribution is -0.133. The monoisotopic (exact) mass is 295 g/mol. The average molecular weight is 296 g/mol. The summed E-state index contributed by atoms with van der Waals surface area (Å²) in [4.78, 5) is 38.1. The van der Waals surface area contributed by atoms with E-state index in [4.69, 9.17) is 11.6 Å². The largest absolute Gasteiger partial charge is 0.342 e. The SMILES string of the molecule is CN1CCN(C(=O)NC(=O)c2ccc(Cl)cc2)CC1=O. The number of benzene rings is 1. The van der Waals surface area contributed by atoms with Crippen molar-refractivity contribution >= 4 is 29.4 Å². The van der Waals surface area contributed by atoms with Crippen LogP contribution in [0.3, 0.4) is 0 Å². The Kier molecular flexibility index (Phi) is 4.24. The first-order valence-corrected chi connectivity index (χ1v) is 6.45. The van der Waals surface area contributed by atoms with Crippen molar-refractivity contribution in [1.82, 2.24) is 15.1 Å². The third kappa shape index (κ3) is 3.27. The molecule has 1 heterocycles. The van der Waals surface area contributed by atoms with Gasteiger partial charge in [-0.15, -0.1) is 0 Å². The van der Waals surface area contributed by atoms with E-state index in [0.29, 0.717) is 23.7 Å². The predicted octanol–water partition coefficient (Wildman–Crippen LogP) is 0.964. The molecule has 0 spiro atoms. The maximum absolute atomic E-state index is 11.9. The fourth-order valence-electron chi connectivity index (χ4n) is 1.78. The molecule has 0 saturated carbocycles. The number of likely N-dealkylation sites (N-methyl/N-ethyl adjacent to an activating group) is 1. The fourth-order valence-corrected chi connectivity index (χ4v) is 1.91. The number of carbonyl (C=O) groups is 3. The van der Waals surface area contributed by atoms with Crippen LogP contribution in [0.15, 0.2) is 24.3 Å². The highest BCUT2D eigenvalue weighted by molar-refractivity contribution is 6.30. The van der Waals surface area contributed by atoms with Crippen LogP contribution in [0.25, 0.3) is 0 Å². The van der Waals surface area contributed by atoms with Gasteiger partial charge in [0.1, 0.15) is 6.54 Å². The molecule has 1 N–H and O–H groups in total. The van der Waals surface area contributed by atoms with E-state index in [1.54, 1.807) is 24.1 Å². The van der Waals surface area contributed by atoms with E-state index in [1.165, 1.54) is 17.0 Å². The summed E-state index contributed by atoms with van der Waals surface area (Å²) in [7, 11) is 1.68. The van der Waals surface area contributed by atoms with Crippen molar-refractivity contribution in [3.63, 3.8) is 0 Å². The molecule has 0 radical (unpaired) electrons. The molecule has 1 aromatic rings. The van der Waals surface area contributed by atoms with Crippen molar-refractivity contribution in [3.8, 4) is 0 Å². The van der Waals surface area contributed by atoms with E-state index in [2.05, 4.69) is 5.32 Å². The van der Waals surface area contributed by atoms with Gasteiger partial charge in [-0.2, -0.15) is 0 Å². The van der Waals surface area contributed by atoms with Crippen LogP contribution >= 0.6 is 11.6 Å². The number of imide groups is 1. The average Bonchev–Trinajstić information content (AvgIpc) is 2.42. The molecule has 1 saturated heterocycles. The zero-order chi connectivity index (χ0) is 14.7. The summed E-state index contributed by atoms with van der Waals surface area (Å²) in [6.45, 7) is 0.847. The lowest BCUT2D eigenvalue weighted by Gasteiger charge is -2.31. The number of halogens is 1. The molecule has 0 bridgehead atoms. The van der Waals surface area contributed by atoms with Crippen molar-refractivity contribution < 1.29 is 14.4 Å². The van der Waals surface area contributed by atoms with Crippen LogP contribution in [0, 0.1) is 0 Å². The van der Waals surface area contributed by atoms with Crippen molar-refractivity contribution in [2.45, 2.75) is 0 Å². The van der Waals surface area contributed by atoms with Crippen LogP contribution in [0.2, 0.25) is 5.02 Å². The number of nitrogens with zero attached hydrogens (tertiary/aromatic N) is 2. The third-order valence-electron chi connectivity index (χ3n) is 3.07. The quantitative estimate of drug-likeness (QED) is 0.839. The normalized spacial score (nSPS) is 15.2. The molecule has 0 aromatic heterocycles. The molecule has 106 valence electrons. The Hall–Kier alpha value is -2.08. The molecule has 1 aliphatic rings. The van der Waals surface area contributed by atoms with Crippen LogP contribution in [0.5, 0.6) is 0 Å². The molecule has 1 fully saturated rings. The van der Waals surface area contributed by atoms with Gasteiger partial charge in [-0.05, 0) is 24.3 Å². The second-order valence-electron chi connectivity index (χ2n) is 4.50. The van der Waals surface area contributed by atoms with Crippen LogP contribution in [-0.4, -0.2) is 54.3 Å². The molecular formula is C13H14ClN3O3. The lowest BCUT2D eigenvalue weighted by Crippen LogP contribution is -2.54. The minimum atomic E-state index is -0.564. The van der Waals surface area contributed by atoms with E-state index in [-0.39, 0.29) is 12.5 Å². The van der Waals surface area contributed by atoms with Gasteiger partial charge in [-0.1, -0.05) is 11.6 Å². The molecule has 1 aromatic carbocycles. The van der Waals surface area contributed by atoms with Crippen LogP contribution < -0.4 is 5.32 Å². The first-order valence-electron chi connectivity index (χ1n) is 6.07. The molecule has 1 aliphatic heterocycles. The number of carbonyl (C=O) groups excluding carboxylic acids is 3. The highest BCUT2D eigenvalue weighted by atomic mass is 35.5. The number of urea groups is 1. The van der Waals surface area contributed by atoms with Gasteiger partial charge < -0.3 is 9.80 Å². The molecule has 6 nitrogen and oxygen atoms in total. The van der Waals surface area contributed by atoms with E-state index < -0.39 is 11.9 Å². The van der Waals surface area contributed by atoms with E-state index >= 15 is 0 Å². The topological polar surface area (TPSA) is 69.7 Å². The molecular weight excluding hydrogens is 282 g/mol. The number of hydrogen-bond donors (Lipinski definition) is 1. The minimum absolute atomic E-state index is 0.0176. The summed E-state index contributed by atoms with van der Waals surface area (Å²) >= 11 is 5.72. The van der Waals surface area contributed by atoms with Crippen LogP contribution in [0.1, 0.15) is 10.4 Å². The summed E-state index contributed by atoms with van der Waals surface area (Å²) in [5.41, 5.74) is 0.336. The summed E-state index contributed by atoms with van der Waals surface area (Å²) in [6.07, 6.45) is 0. The van der Waals surface area contributed by atoms with E-state index in [9.17, 15) is 14.4 Å². The minimum Gasteiger partial charge on any atom is -0.342 e. The Morgan fingerprint density at radius 1 is 1.20 bits per heavy atom. The number of nitrogens with one attached hydrogen (secondary N) is 1. The van der Waals surface area contributed by atoms with Gasteiger partial charge in [-0.3, -0.25) is 14.9 Å². The Labute approximate surface area is 121 Å². The zero-order valence-corrected chi connectivity index (χ0v) is 11.7. The first-order chi connectivity index (χ1) is 9.47. The Balaban J connectivity index is 1.96. The smallest absolute Gasteiger partial charge is 0.324 e. The number of rotatable bonds is 1. The molecule has 2 rings (SSSR count). The molecule has 4 amide bonds. The lowest BCUT2D eigenvalue weighted by atomic mass is 10.2. The van der Waals surface area contributed by atoms with E-state index in [0.717, 1.165) is 0 Å². The maximum atomic E-state index is 11.9. The van der Waals surface area contributed by atoms with Gasteiger partial charge >= 0.3 is 6.03 Å². The summed E-state index contributed by atoms with van der Waals surface area (Å²) in [5, 5.41) is 2.77. The molecule has 0 atom stereocenters. The highest BCUT2D eigenvalue weighted by Crippen LogP contribution is 2.09. The third-order valence-corrected chi connectivity index (χ3v) is 3.32. The molecule has 20 heavy (non-hydrogen) atoms. The molecule has 7 heteroatoms. The number of piperazine rings is 1. The second kappa shape index (κ2) is 5.92. The highest BCUT2D eigenvalue weighted by Gasteiger charge is 2.25. The van der Waals surface area contributed by atoms with Crippen LogP contribution in [0.4, 0.5) is 4.79 Å². The Morgan fingerprint density at radius 2 is 1.85 bits per heavy atom. The second-order valence-corrected chi connectivity index (χ2v) is 4.94. The standard InChI is InChI=1S/C13H14ClN3O3/c1-16-6-7-17(8-11(16)18)13(20)15-12(19)9-2-4-10(14)5-3-9/h2-5H,6-8H2,1H3,(H,15,19,20). The van der Waals surface area contributed by atoms with Gasteiger partial charge in [0.05, 0.1) is 0 Å². The van der Waals surface area contributed by atoms with Crippen molar-refractivity contribution in [2.75, 3.05) is 26.7 Å². The predicted molar refractivity (Wildman–Crippen MR) is 73.5 cm³/mol. The van der Waals surface area contributed by atoms with Crippen molar-refractivity contribution in [2.24, 2.45) is 0 Å². The molecule has 0 unspecified atom stereocenters. The Morgan fingerprint density at radius 3 is 2.45 bits per heavy atom. The number of hydrogen-bond acceptors (Lipinski definition) is 3.